The summed E-state index contributed by atoms with van der Waals surface area (Å²) in [5, 5.41) is 0. The first-order chi connectivity index (χ1) is 5.72. The summed E-state index contributed by atoms with van der Waals surface area (Å²) in [5.41, 5.74) is 5.79. The van der Waals surface area contributed by atoms with E-state index >= 15 is 0 Å². The molecule has 1 rings (SSSR count). The minimum Gasteiger partial charge on any atom is -0.469 e. The molecule has 0 aromatic heterocycles. The van der Waals surface area contributed by atoms with E-state index in [0.717, 1.165) is 25.7 Å². The molecule has 2 N–H and O–H groups in total. The normalized spacial score (nSPS) is 29.8. The van der Waals surface area contributed by atoms with Gasteiger partial charge in [-0.2, -0.15) is 0 Å². The van der Waals surface area contributed by atoms with Crippen molar-refractivity contribution < 1.29 is 9.53 Å². The SMILES string of the molecule is COC(=O)CC1CCCC(N)C1. The number of carbonyl (C=O) groups is 1. The van der Waals surface area contributed by atoms with Crippen molar-refractivity contribution in [2.45, 2.75) is 38.1 Å². The molecule has 0 radical (unpaired) electrons. The van der Waals surface area contributed by atoms with Crippen LogP contribution in [0.5, 0.6) is 0 Å². The number of hydrogen-bond acceptors (Lipinski definition) is 3. The summed E-state index contributed by atoms with van der Waals surface area (Å²) in [5.74, 6) is 0.357. The van der Waals surface area contributed by atoms with Crippen LogP contribution in [0.25, 0.3) is 0 Å². The van der Waals surface area contributed by atoms with Gasteiger partial charge in [-0.25, -0.2) is 0 Å². The number of esters is 1. The molecule has 2 atom stereocenters. The third-order valence-corrected chi connectivity index (χ3v) is 2.51. The van der Waals surface area contributed by atoms with Crippen LogP contribution >= 0.6 is 0 Å². The van der Waals surface area contributed by atoms with E-state index in [2.05, 4.69) is 4.74 Å². The maximum atomic E-state index is 10.9. The van der Waals surface area contributed by atoms with Crippen molar-refractivity contribution in [3.8, 4) is 0 Å². The van der Waals surface area contributed by atoms with E-state index in [-0.39, 0.29) is 5.97 Å². The Hall–Kier alpha value is -0.570. The fourth-order valence-corrected chi connectivity index (χ4v) is 1.84. The molecule has 1 saturated carbocycles. The highest BCUT2D eigenvalue weighted by Gasteiger charge is 2.21. The van der Waals surface area contributed by atoms with Crippen molar-refractivity contribution in [1.29, 1.82) is 0 Å². The van der Waals surface area contributed by atoms with Gasteiger partial charge in [-0.15, -0.1) is 0 Å². The van der Waals surface area contributed by atoms with Crippen molar-refractivity contribution in [2.24, 2.45) is 11.7 Å². The molecule has 0 aliphatic heterocycles. The highest BCUT2D eigenvalue weighted by Crippen LogP contribution is 2.25. The molecule has 0 bridgehead atoms. The van der Waals surface area contributed by atoms with Crippen LogP contribution in [0.3, 0.4) is 0 Å². The van der Waals surface area contributed by atoms with E-state index in [4.69, 9.17) is 5.73 Å². The number of hydrogen-bond donors (Lipinski definition) is 1. The number of rotatable bonds is 2. The molecule has 0 amide bonds. The number of methoxy groups -OCH3 is 1. The molecular formula is C9H17NO2. The Morgan fingerprint density at radius 1 is 1.58 bits per heavy atom. The van der Waals surface area contributed by atoms with Crippen LogP contribution in [0, 0.1) is 5.92 Å². The second-order valence-corrected chi connectivity index (χ2v) is 3.57. The number of ether oxygens (including phenoxy) is 1. The summed E-state index contributed by atoms with van der Waals surface area (Å²) in [6, 6.07) is 0.299. The van der Waals surface area contributed by atoms with Crippen molar-refractivity contribution in [3.63, 3.8) is 0 Å². The second kappa shape index (κ2) is 4.45. The molecule has 0 saturated heterocycles. The lowest BCUT2D eigenvalue weighted by atomic mass is 9.84. The molecule has 0 aromatic carbocycles. The lowest BCUT2D eigenvalue weighted by Crippen LogP contribution is -2.29. The third-order valence-electron chi connectivity index (χ3n) is 2.51. The highest BCUT2D eigenvalue weighted by molar-refractivity contribution is 5.69. The largest absolute Gasteiger partial charge is 0.469 e. The van der Waals surface area contributed by atoms with Gasteiger partial charge in [-0.1, -0.05) is 6.42 Å². The van der Waals surface area contributed by atoms with Gasteiger partial charge in [0.05, 0.1) is 7.11 Å². The van der Waals surface area contributed by atoms with Crippen molar-refractivity contribution in [1.82, 2.24) is 0 Å². The van der Waals surface area contributed by atoms with E-state index in [1.165, 1.54) is 7.11 Å². The Bertz CT molecular complexity index is 159. The molecule has 1 aliphatic carbocycles. The van der Waals surface area contributed by atoms with Crippen molar-refractivity contribution in [2.75, 3.05) is 7.11 Å². The standard InChI is InChI=1S/C9H17NO2/c1-12-9(11)6-7-3-2-4-8(10)5-7/h7-8H,2-6,10H2,1H3. The quantitative estimate of drug-likeness (QED) is 0.632. The summed E-state index contributed by atoms with van der Waals surface area (Å²) in [7, 11) is 1.44. The first-order valence-electron chi connectivity index (χ1n) is 4.54. The Morgan fingerprint density at radius 3 is 2.92 bits per heavy atom. The van der Waals surface area contributed by atoms with Gasteiger partial charge in [0.25, 0.3) is 0 Å². The number of carbonyl (C=O) groups excluding carboxylic acids is 1. The fraction of sp³-hybridized carbons (Fsp3) is 0.889. The molecule has 3 nitrogen and oxygen atoms in total. The van der Waals surface area contributed by atoms with Gasteiger partial charge in [0, 0.05) is 12.5 Å². The molecule has 0 heterocycles. The van der Waals surface area contributed by atoms with Crippen LogP contribution in [0.4, 0.5) is 0 Å². The zero-order valence-electron chi connectivity index (χ0n) is 7.58. The monoisotopic (exact) mass is 171 g/mol. The average Bonchev–Trinajstić information content (AvgIpc) is 2.04. The van der Waals surface area contributed by atoms with E-state index in [9.17, 15) is 4.79 Å². The summed E-state index contributed by atoms with van der Waals surface area (Å²) < 4.78 is 4.61. The van der Waals surface area contributed by atoms with E-state index < -0.39 is 0 Å². The maximum absolute atomic E-state index is 10.9. The van der Waals surface area contributed by atoms with Crippen LogP contribution < -0.4 is 5.73 Å². The van der Waals surface area contributed by atoms with Crippen LogP contribution in [0.15, 0.2) is 0 Å². The van der Waals surface area contributed by atoms with E-state index in [0.29, 0.717) is 18.4 Å². The van der Waals surface area contributed by atoms with Crippen molar-refractivity contribution >= 4 is 5.97 Å². The molecular weight excluding hydrogens is 154 g/mol. The molecule has 3 heteroatoms. The Morgan fingerprint density at radius 2 is 2.33 bits per heavy atom. The van der Waals surface area contributed by atoms with E-state index in [1.54, 1.807) is 0 Å². The predicted octanol–water partition coefficient (Wildman–Crippen LogP) is 1.07. The topological polar surface area (TPSA) is 52.3 Å². The summed E-state index contributed by atoms with van der Waals surface area (Å²) in [6.45, 7) is 0. The number of nitrogens with two attached hydrogens (primary N) is 1. The minimum absolute atomic E-state index is 0.103. The Labute approximate surface area is 73.3 Å². The summed E-state index contributed by atoms with van der Waals surface area (Å²) in [6.07, 6.45) is 4.92. The van der Waals surface area contributed by atoms with Crippen LogP contribution in [-0.4, -0.2) is 19.1 Å². The Kier molecular flexibility index (Phi) is 3.53. The van der Waals surface area contributed by atoms with Gasteiger partial charge in [0.2, 0.25) is 0 Å². The molecule has 2 unspecified atom stereocenters. The molecule has 70 valence electrons. The highest BCUT2D eigenvalue weighted by atomic mass is 16.5. The predicted molar refractivity (Wildman–Crippen MR) is 46.6 cm³/mol. The van der Waals surface area contributed by atoms with Gasteiger partial charge in [-0.3, -0.25) is 4.79 Å². The first kappa shape index (κ1) is 9.52. The van der Waals surface area contributed by atoms with Gasteiger partial charge in [-0.05, 0) is 25.2 Å². The molecule has 1 aliphatic rings. The van der Waals surface area contributed by atoms with E-state index in [1.807, 2.05) is 0 Å². The summed E-state index contributed by atoms with van der Waals surface area (Å²) >= 11 is 0. The minimum atomic E-state index is -0.103. The van der Waals surface area contributed by atoms with Crippen LogP contribution in [0.1, 0.15) is 32.1 Å². The second-order valence-electron chi connectivity index (χ2n) is 3.57. The molecule has 12 heavy (non-hydrogen) atoms. The van der Waals surface area contributed by atoms with Crippen molar-refractivity contribution in [3.05, 3.63) is 0 Å². The first-order valence-corrected chi connectivity index (χ1v) is 4.54. The average molecular weight is 171 g/mol. The summed E-state index contributed by atoms with van der Waals surface area (Å²) in [4.78, 5) is 10.9. The Balaban J connectivity index is 2.27. The lowest BCUT2D eigenvalue weighted by Gasteiger charge is -2.25. The van der Waals surface area contributed by atoms with Crippen LogP contribution in [-0.2, 0) is 9.53 Å². The lowest BCUT2D eigenvalue weighted by molar-refractivity contribution is -0.142. The molecule has 0 spiro atoms. The smallest absolute Gasteiger partial charge is 0.305 e. The van der Waals surface area contributed by atoms with Gasteiger partial charge in [0.1, 0.15) is 0 Å². The fourth-order valence-electron chi connectivity index (χ4n) is 1.84. The van der Waals surface area contributed by atoms with Gasteiger partial charge >= 0.3 is 5.97 Å². The zero-order valence-corrected chi connectivity index (χ0v) is 7.58. The molecule has 0 aromatic rings. The zero-order chi connectivity index (χ0) is 8.97. The van der Waals surface area contributed by atoms with Crippen LogP contribution in [0.2, 0.25) is 0 Å². The maximum Gasteiger partial charge on any atom is 0.305 e. The third kappa shape index (κ3) is 2.81. The van der Waals surface area contributed by atoms with Gasteiger partial charge < -0.3 is 10.5 Å². The molecule has 1 fully saturated rings. The van der Waals surface area contributed by atoms with Gasteiger partial charge in [0.15, 0.2) is 0 Å².